The van der Waals surface area contributed by atoms with E-state index in [1.165, 1.54) is 4.90 Å². The summed E-state index contributed by atoms with van der Waals surface area (Å²) in [6.45, 7) is 10.1. The van der Waals surface area contributed by atoms with Crippen molar-refractivity contribution in [2.24, 2.45) is 11.1 Å². The number of benzene rings is 1. The maximum atomic E-state index is 12.6. The minimum Gasteiger partial charge on any atom is -0.338 e. The fourth-order valence-electron chi connectivity index (χ4n) is 2.68. The minimum absolute atomic E-state index is 0.0126. The van der Waals surface area contributed by atoms with Crippen molar-refractivity contribution in [1.82, 2.24) is 4.90 Å². The average Bonchev–Trinajstić information content (AvgIpc) is 2.41. The third kappa shape index (κ3) is 4.01. The van der Waals surface area contributed by atoms with E-state index in [1.807, 2.05) is 40.9 Å². The van der Waals surface area contributed by atoms with Gasteiger partial charge in [-0.2, -0.15) is 0 Å². The van der Waals surface area contributed by atoms with Gasteiger partial charge in [0.1, 0.15) is 0 Å². The number of nitrogens with two attached hydrogens (primary N) is 1. The molecule has 1 atom stereocenters. The van der Waals surface area contributed by atoms with Crippen molar-refractivity contribution in [3.63, 3.8) is 0 Å². The van der Waals surface area contributed by atoms with E-state index in [-0.39, 0.29) is 17.4 Å². The monoisotopic (exact) mass is 306 g/mol. The molecule has 0 spiro atoms. The normalized spacial score (nSPS) is 21.6. The molecule has 1 saturated heterocycles. The fourth-order valence-corrected chi connectivity index (χ4v) is 3.52. The molecule has 2 N–H and O–H groups in total. The molecule has 1 fully saturated rings. The van der Waals surface area contributed by atoms with Crippen molar-refractivity contribution in [2.75, 3.05) is 13.1 Å². The highest BCUT2D eigenvalue weighted by atomic mass is 32.2. The molecule has 2 rings (SSSR count). The molecule has 1 aliphatic rings. The number of rotatable bonds is 3. The van der Waals surface area contributed by atoms with E-state index in [4.69, 9.17) is 5.73 Å². The van der Waals surface area contributed by atoms with Crippen LogP contribution in [-0.4, -0.2) is 35.2 Å². The lowest BCUT2D eigenvalue weighted by molar-refractivity contribution is 0.0533. The van der Waals surface area contributed by atoms with Gasteiger partial charge in [-0.3, -0.25) is 4.79 Å². The van der Waals surface area contributed by atoms with E-state index < -0.39 is 0 Å². The zero-order valence-corrected chi connectivity index (χ0v) is 14.2. The maximum absolute atomic E-state index is 12.6. The van der Waals surface area contributed by atoms with Gasteiger partial charge in [-0.05, 0) is 36.1 Å². The number of carbonyl (C=O) groups is 1. The summed E-state index contributed by atoms with van der Waals surface area (Å²) in [4.78, 5) is 15.8. The third-order valence-electron chi connectivity index (χ3n) is 4.07. The van der Waals surface area contributed by atoms with Crippen LogP contribution < -0.4 is 5.73 Å². The van der Waals surface area contributed by atoms with E-state index in [0.717, 1.165) is 25.1 Å². The van der Waals surface area contributed by atoms with Crippen LogP contribution in [0, 0.1) is 5.41 Å². The molecule has 3 nitrogen and oxygen atoms in total. The number of hydrogen-bond acceptors (Lipinski definition) is 3. The van der Waals surface area contributed by atoms with E-state index in [9.17, 15) is 4.79 Å². The van der Waals surface area contributed by atoms with Crippen LogP contribution in [0.5, 0.6) is 0 Å². The van der Waals surface area contributed by atoms with Gasteiger partial charge >= 0.3 is 0 Å². The van der Waals surface area contributed by atoms with Gasteiger partial charge in [0, 0.05) is 34.8 Å². The fraction of sp³-hybridized carbons (Fsp3) is 0.588. The Morgan fingerprint density at radius 2 is 1.95 bits per heavy atom. The quantitative estimate of drug-likeness (QED) is 0.871. The van der Waals surface area contributed by atoms with E-state index in [2.05, 4.69) is 27.7 Å². The Balaban J connectivity index is 2.06. The van der Waals surface area contributed by atoms with Gasteiger partial charge in [-0.15, -0.1) is 11.8 Å². The smallest absolute Gasteiger partial charge is 0.253 e. The summed E-state index contributed by atoms with van der Waals surface area (Å²) in [5, 5.41) is 0.552. The molecule has 4 heteroatoms. The molecule has 21 heavy (non-hydrogen) atoms. The zero-order chi connectivity index (χ0) is 15.6. The van der Waals surface area contributed by atoms with Crippen molar-refractivity contribution >= 4 is 17.7 Å². The Hall–Kier alpha value is -1.00. The second kappa shape index (κ2) is 6.41. The summed E-state index contributed by atoms with van der Waals surface area (Å²) in [6.07, 6.45) is 0.875. The lowest BCUT2D eigenvalue weighted by atomic mass is 9.79. The molecule has 1 aliphatic heterocycles. The van der Waals surface area contributed by atoms with Crippen molar-refractivity contribution < 1.29 is 4.79 Å². The summed E-state index contributed by atoms with van der Waals surface area (Å²) < 4.78 is 0. The number of amides is 1. The maximum Gasteiger partial charge on any atom is 0.253 e. The zero-order valence-electron chi connectivity index (χ0n) is 13.4. The number of nitrogens with zero attached hydrogens (tertiary/aromatic N) is 1. The van der Waals surface area contributed by atoms with Crippen LogP contribution in [-0.2, 0) is 0 Å². The molecule has 1 unspecified atom stereocenters. The molecule has 1 aromatic carbocycles. The summed E-state index contributed by atoms with van der Waals surface area (Å²) >= 11 is 1.81. The summed E-state index contributed by atoms with van der Waals surface area (Å²) in [7, 11) is 0. The Morgan fingerprint density at radius 3 is 2.48 bits per heavy atom. The minimum atomic E-state index is -0.0126. The number of likely N-dealkylation sites (tertiary alicyclic amines) is 1. The van der Waals surface area contributed by atoms with Crippen LogP contribution in [0.4, 0.5) is 0 Å². The Labute approximate surface area is 132 Å². The van der Waals surface area contributed by atoms with E-state index >= 15 is 0 Å². The summed E-state index contributed by atoms with van der Waals surface area (Å²) in [6, 6.07) is 8.13. The van der Waals surface area contributed by atoms with Crippen LogP contribution in [0.2, 0.25) is 0 Å². The Kier molecular flexibility index (Phi) is 4.99. The molecular formula is C17H26N2OS. The number of carbonyl (C=O) groups excluding carboxylic acids is 1. The van der Waals surface area contributed by atoms with Crippen molar-refractivity contribution in [3.8, 4) is 0 Å². The van der Waals surface area contributed by atoms with Gasteiger partial charge in [-0.1, -0.05) is 27.7 Å². The SMILES string of the molecule is CC(C)Sc1ccc(C(=O)N2CCC(N)C(C)(C)C2)cc1. The highest BCUT2D eigenvalue weighted by molar-refractivity contribution is 7.99. The van der Waals surface area contributed by atoms with Gasteiger partial charge in [0.05, 0.1) is 0 Å². The van der Waals surface area contributed by atoms with Crippen LogP contribution in [0.1, 0.15) is 44.5 Å². The first kappa shape index (κ1) is 16.4. The predicted molar refractivity (Wildman–Crippen MR) is 89.7 cm³/mol. The van der Waals surface area contributed by atoms with E-state index in [1.54, 1.807) is 0 Å². The van der Waals surface area contributed by atoms with Crippen LogP contribution >= 0.6 is 11.8 Å². The molecule has 1 amide bonds. The lowest BCUT2D eigenvalue weighted by Crippen LogP contribution is -2.53. The molecule has 116 valence electrons. The topological polar surface area (TPSA) is 46.3 Å². The molecule has 0 saturated carbocycles. The molecule has 0 aliphatic carbocycles. The first-order valence-corrected chi connectivity index (χ1v) is 8.49. The van der Waals surface area contributed by atoms with Crippen LogP contribution in [0.3, 0.4) is 0 Å². The molecular weight excluding hydrogens is 280 g/mol. The van der Waals surface area contributed by atoms with Gasteiger partial charge in [0.2, 0.25) is 0 Å². The van der Waals surface area contributed by atoms with Crippen LogP contribution in [0.15, 0.2) is 29.2 Å². The number of piperidine rings is 1. The van der Waals surface area contributed by atoms with Gasteiger partial charge in [0.25, 0.3) is 5.91 Å². The van der Waals surface area contributed by atoms with Crippen LogP contribution in [0.25, 0.3) is 0 Å². The molecule has 0 radical (unpaired) electrons. The standard InChI is InChI=1S/C17H26N2OS/c1-12(2)21-14-7-5-13(6-8-14)16(20)19-10-9-15(18)17(3,4)11-19/h5-8,12,15H,9-11,18H2,1-4H3. The highest BCUT2D eigenvalue weighted by Gasteiger charge is 2.35. The predicted octanol–water partition coefficient (Wildman–Crippen LogP) is 3.39. The van der Waals surface area contributed by atoms with Crippen molar-refractivity contribution in [1.29, 1.82) is 0 Å². The second-order valence-corrected chi connectivity index (χ2v) is 8.45. The second-order valence-electron chi connectivity index (χ2n) is 6.80. The largest absolute Gasteiger partial charge is 0.338 e. The lowest BCUT2D eigenvalue weighted by Gasteiger charge is -2.42. The van der Waals surface area contributed by atoms with Crippen molar-refractivity contribution in [3.05, 3.63) is 29.8 Å². The summed E-state index contributed by atoms with van der Waals surface area (Å²) in [5.41, 5.74) is 6.90. The number of hydrogen-bond donors (Lipinski definition) is 1. The Morgan fingerprint density at radius 1 is 1.33 bits per heavy atom. The molecule has 1 aromatic rings. The third-order valence-corrected chi connectivity index (χ3v) is 5.09. The van der Waals surface area contributed by atoms with Gasteiger partial charge < -0.3 is 10.6 Å². The first-order chi connectivity index (χ1) is 9.79. The molecule has 0 bridgehead atoms. The highest BCUT2D eigenvalue weighted by Crippen LogP contribution is 2.29. The average molecular weight is 306 g/mol. The van der Waals surface area contributed by atoms with Crippen molar-refractivity contribution in [2.45, 2.75) is 50.3 Å². The van der Waals surface area contributed by atoms with Gasteiger partial charge in [-0.25, -0.2) is 0 Å². The first-order valence-electron chi connectivity index (χ1n) is 7.61. The van der Waals surface area contributed by atoms with E-state index in [0.29, 0.717) is 5.25 Å². The molecule has 1 heterocycles. The Bertz CT molecular complexity index is 496. The number of thioether (sulfide) groups is 1. The molecule has 0 aromatic heterocycles. The van der Waals surface area contributed by atoms with Gasteiger partial charge in [0.15, 0.2) is 0 Å². The summed E-state index contributed by atoms with van der Waals surface area (Å²) in [5.74, 6) is 0.121.